The maximum atomic E-state index is 10.8. The van der Waals surface area contributed by atoms with Gasteiger partial charge in [0.2, 0.25) is 5.13 Å². The van der Waals surface area contributed by atoms with E-state index in [1.807, 2.05) is 42.5 Å². The first-order chi connectivity index (χ1) is 17.1. The zero-order valence-corrected chi connectivity index (χ0v) is 20.8. The number of nitro groups is 1. The van der Waals surface area contributed by atoms with E-state index in [0.29, 0.717) is 23.1 Å². The molecule has 36 heavy (non-hydrogen) atoms. The van der Waals surface area contributed by atoms with E-state index in [1.165, 1.54) is 17.4 Å². The molecule has 0 atom stereocenters. The van der Waals surface area contributed by atoms with Crippen molar-refractivity contribution in [3.8, 4) is 10.8 Å². The zero-order valence-electron chi connectivity index (χ0n) is 19.2. The first kappa shape index (κ1) is 25.1. The molecule has 0 saturated carbocycles. The highest BCUT2D eigenvalue weighted by Crippen LogP contribution is 2.32. The summed E-state index contributed by atoms with van der Waals surface area (Å²) in [6.45, 7) is 3.79. The summed E-state index contributed by atoms with van der Waals surface area (Å²) in [5, 5.41) is 20.5. The molecule has 12 heteroatoms. The Morgan fingerprint density at radius 3 is 2.36 bits per heavy atom. The minimum Gasteiger partial charge on any atom is -0.398 e. The van der Waals surface area contributed by atoms with E-state index in [2.05, 4.69) is 37.1 Å². The van der Waals surface area contributed by atoms with Crippen molar-refractivity contribution in [1.29, 1.82) is 0 Å². The number of aromatic nitrogens is 2. The monoisotopic (exact) mass is 525 g/mol. The molecule has 1 saturated heterocycles. The third-order valence-corrected chi connectivity index (χ3v) is 6.75. The average molecular weight is 526 g/mol. The molecule has 4 aromatic rings. The smallest absolute Gasteiger partial charge is 0.398 e. The lowest BCUT2D eigenvalue weighted by Gasteiger charge is -2.35. The summed E-state index contributed by atoms with van der Waals surface area (Å²) < 4.78 is 5.24. The van der Waals surface area contributed by atoms with Crippen LogP contribution in [0.25, 0.3) is 10.8 Å². The van der Waals surface area contributed by atoms with Crippen LogP contribution in [0, 0.1) is 10.1 Å². The fourth-order valence-corrected chi connectivity index (χ4v) is 4.69. The van der Waals surface area contributed by atoms with Gasteiger partial charge in [-0.2, -0.15) is 0 Å². The fraction of sp³-hybridized carbons (Fsp3) is 0.208. The number of nitrogens with zero attached hydrogens (tertiary/aromatic N) is 6. The molecule has 0 radical (unpaired) electrons. The molecule has 0 unspecified atom stereocenters. The molecule has 2 N–H and O–H groups in total. The largest absolute Gasteiger partial charge is 0.433 e. The number of hydrogen-bond acceptors (Lipinski definition) is 9. The van der Waals surface area contributed by atoms with Gasteiger partial charge in [-0.3, -0.25) is 15.1 Å². The van der Waals surface area contributed by atoms with Crippen LogP contribution in [-0.2, 0) is 6.54 Å². The van der Waals surface area contributed by atoms with Crippen molar-refractivity contribution < 1.29 is 9.34 Å². The van der Waals surface area contributed by atoms with E-state index in [9.17, 15) is 10.1 Å². The summed E-state index contributed by atoms with van der Waals surface area (Å²) in [7, 11) is 0. The number of nitrogens with two attached hydrogens (primary N) is 1. The molecule has 0 spiro atoms. The zero-order chi connectivity index (χ0) is 24.2. The summed E-state index contributed by atoms with van der Waals surface area (Å²) >= 11 is 1.36. The molecular formula is C24H24ClN7O3S. The Kier molecular flexibility index (Phi) is 7.81. The van der Waals surface area contributed by atoms with Crippen molar-refractivity contribution in [1.82, 2.24) is 10.2 Å². The van der Waals surface area contributed by atoms with Crippen molar-refractivity contribution in [2.45, 2.75) is 6.54 Å². The molecule has 10 nitrogen and oxygen atoms in total. The van der Waals surface area contributed by atoms with Gasteiger partial charge in [0, 0.05) is 37.4 Å². The van der Waals surface area contributed by atoms with Gasteiger partial charge in [0.1, 0.15) is 10.8 Å². The minimum atomic E-state index is -0.566. The van der Waals surface area contributed by atoms with Gasteiger partial charge in [-0.1, -0.05) is 41.7 Å². The number of aliphatic imine (C=N–C) groups is 1. The van der Waals surface area contributed by atoms with Crippen LogP contribution < -0.4 is 15.5 Å². The van der Waals surface area contributed by atoms with Crippen molar-refractivity contribution in [2.24, 2.45) is 10.7 Å². The minimum absolute atomic E-state index is 0. The molecule has 1 aliphatic heterocycles. The summed E-state index contributed by atoms with van der Waals surface area (Å²) in [5.74, 6) is 0.575. The SMILES string of the molecule is Cl.NC(=NCc1ccccc1)c1ccc(N2CCN(c3nnc(-c4ccc([N+](=O)[O-])o4)s3)CC2)cc1. The molecule has 0 bridgehead atoms. The van der Waals surface area contributed by atoms with Gasteiger partial charge < -0.3 is 20.0 Å². The molecule has 5 rings (SSSR count). The maximum Gasteiger partial charge on any atom is 0.433 e. The van der Waals surface area contributed by atoms with Gasteiger partial charge >= 0.3 is 5.88 Å². The molecule has 2 aromatic carbocycles. The van der Waals surface area contributed by atoms with Crippen LogP contribution in [0.4, 0.5) is 16.7 Å². The average Bonchev–Trinajstić information content (AvgIpc) is 3.59. The van der Waals surface area contributed by atoms with Crippen molar-refractivity contribution in [3.63, 3.8) is 0 Å². The second-order valence-electron chi connectivity index (χ2n) is 7.99. The highest BCUT2D eigenvalue weighted by Gasteiger charge is 2.22. The number of amidine groups is 1. The Labute approximate surface area is 217 Å². The van der Waals surface area contributed by atoms with E-state index in [4.69, 9.17) is 10.2 Å². The molecule has 0 amide bonds. The molecule has 186 valence electrons. The topological polar surface area (TPSA) is 127 Å². The van der Waals surface area contributed by atoms with Gasteiger partial charge in [-0.25, -0.2) is 0 Å². The summed E-state index contributed by atoms with van der Waals surface area (Å²) in [5.41, 5.74) is 9.35. The van der Waals surface area contributed by atoms with Crippen molar-refractivity contribution >= 4 is 46.3 Å². The Bertz CT molecular complexity index is 1330. The second kappa shape index (κ2) is 11.2. The first-order valence-electron chi connectivity index (χ1n) is 11.1. The van der Waals surface area contributed by atoms with Crippen LogP contribution in [-0.4, -0.2) is 47.1 Å². The van der Waals surface area contributed by atoms with Gasteiger partial charge in [0.05, 0.1) is 12.6 Å². The number of furan rings is 1. The summed E-state index contributed by atoms with van der Waals surface area (Å²) in [4.78, 5) is 19.3. The van der Waals surface area contributed by atoms with Gasteiger partial charge in [0.15, 0.2) is 10.8 Å². The van der Waals surface area contributed by atoms with E-state index < -0.39 is 4.92 Å². The quantitative estimate of drug-likeness (QED) is 0.163. The van der Waals surface area contributed by atoms with E-state index in [1.54, 1.807) is 6.07 Å². The lowest BCUT2D eigenvalue weighted by molar-refractivity contribution is -0.401. The predicted molar refractivity (Wildman–Crippen MR) is 143 cm³/mol. The molecule has 3 heterocycles. The van der Waals surface area contributed by atoms with Gasteiger partial charge in [-0.05, 0) is 35.9 Å². The standard InChI is InChI=1S/C24H23N7O3S.ClH/c25-22(26-16-17-4-2-1-3-5-17)18-6-8-19(9-7-18)29-12-14-30(15-13-29)24-28-27-23(35-24)20-10-11-21(34-20)31(32)33;/h1-11H,12-16H2,(H2,25,26);1H. The highest BCUT2D eigenvalue weighted by molar-refractivity contribution is 7.18. The van der Waals surface area contributed by atoms with Gasteiger partial charge in [-0.15, -0.1) is 22.6 Å². The third kappa shape index (κ3) is 5.64. The maximum absolute atomic E-state index is 10.8. The lowest BCUT2D eigenvalue weighted by atomic mass is 10.1. The fourth-order valence-electron chi connectivity index (χ4n) is 3.83. The Morgan fingerprint density at radius 2 is 1.69 bits per heavy atom. The van der Waals surface area contributed by atoms with Crippen LogP contribution in [0.3, 0.4) is 0 Å². The Balaban J connectivity index is 0.00000304. The Hall–Kier alpha value is -3.96. The second-order valence-corrected chi connectivity index (χ2v) is 8.95. The number of benzene rings is 2. The molecule has 2 aromatic heterocycles. The lowest BCUT2D eigenvalue weighted by Crippen LogP contribution is -2.46. The van der Waals surface area contributed by atoms with Crippen LogP contribution in [0.2, 0.25) is 0 Å². The number of anilines is 2. The summed E-state index contributed by atoms with van der Waals surface area (Å²) in [6, 6.07) is 21.1. The van der Waals surface area contributed by atoms with Crippen molar-refractivity contribution in [3.05, 3.63) is 88.0 Å². The molecule has 1 fully saturated rings. The highest BCUT2D eigenvalue weighted by atomic mass is 35.5. The third-order valence-electron chi connectivity index (χ3n) is 5.75. The van der Waals surface area contributed by atoms with E-state index in [0.717, 1.165) is 48.1 Å². The number of rotatable bonds is 7. The van der Waals surface area contributed by atoms with Crippen LogP contribution in [0.5, 0.6) is 0 Å². The van der Waals surface area contributed by atoms with Crippen LogP contribution >= 0.6 is 23.7 Å². The predicted octanol–water partition coefficient (Wildman–Crippen LogP) is 4.36. The van der Waals surface area contributed by atoms with E-state index in [-0.39, 0.29) is 18.3 Å². The van der Waals surface area contributed by atoms with Crippen molar-refractivity contribution in [2.75, 3.05) is 36.0 Å². The van der Waals surface area contributed by atoms with Crippen LogP contribution in [0.1, 0.15) is 11.1 Å². The Morgan fingerprint density at radius 1 is 1.00 bits per heavy atom. The molecular weight excluding hydrogens is 502 g/mol. The number of piperazine rings is 1. The summed E-state index contributed by atoms with van der Waals surface area (Å²) in [6.07, 6.45) is 0. The number of halogens is 1. The van der Waals surface area contributed by atoms with Gasteiger partial charge in [0.25, 0.3) is 0 Å². The number of hydrogen-bond donors (Lipinski definition) is 1. The van der Waals surface area contributed by atoms with Crippen LogP contribution in [0.15, 0.2) is 76.1 Å². The molecule has 0 aliphatic carbocycles. The molecule has 1 aliphatic rings. The normalized spacial score (nSPS) is 13.9. The van der Waals surface area contributed by atoms with E-state index >= 15 is 0 Å². The first-order valence-corrected chi connectivity index (χ1v) is 11.9.